The predicted molar refractivity (Wildman–Crippen MR) is 64.4 cm³/mol. The first kappa shape index (κ1) is 11.8. The Hall–Kier alpha value is -0.640. The molecule has 16 heavy (non-hydrogen) atoms. The zero-order valence-electron chi connectivity index (χ0n) is 9.25. The van der Waals surface area contributed by atoms with E-state index in [0.717, 1.165) is 31.4 Å². The Bertz CT molecular complexity index is 353. The van der Waals surface area contributed by atoms with Gasteiger partial charge in [-0.3, -0.25) is 0 Å². The zero-order valence-corrected chi connectivity index (χ0v) is 10.0. The van der Waals surface area contributed by atoms with Gasteiger partial charge in [-0.05, 0) is 31.7 Å². The van der Waals surface area contributed by atoms with E-state index in [1.54, 1.807) is 6.20 Å². The van der Waals surface area contributed by atoms with Crippen molar-refractivity contribution >= 4 is 11.6 Å². The van der Waals surface area contributed by atoms with Crippen molar-refractivity contribution in [2.75, 3.05) is 6.61 Å². The number of nitrogens with zero attached hydrogens (tertiary/aromatic N) is 1. The summed E-state index contributed by atoms with van der Waals surface area (Å²) in [5.74, 6) is 0. The van der Waals surface area contributed by atoms with E-state index in [0.29, 0.717) is 5.15 Å². The van der Waals surface area contributed by atoms with Gasteiger partial charge in [0.25, 0.3) is 0 Å². The molecule has 2 N–H and O–H groups in total. The first-order chi connectivity index (χ1) is 7.76. The van der Waals surface area contributed by atoms with E-state index in [1.807, 2.05) is 12.1 Å². The summed E-state index contributed by atoms with van der Waals surface area (Å²) in [6.07, 6.45) is 6.05. The first-order valence-electron chi connectivity index (χ1n) is 5.71. The highest BCUT2D eigenvalue weighted by atomic mass is 35.5. The monoisotopic (exact) mass is 240 g/mol. The van der Waals surface area contributed by atoms with Gasteiger partial charge in [0.1, 0.15) is 5.15 Å². The number of halogens is 1. The molecular formula is C12H17ClN2O. The minimum atomic E-state index is 0.133. The van der Waals surface area contributed by atoms with Crippen LogP contribution in [0.25, 0.3) is 0 Å². The fraction of sp³-hybridized carbons (Fsp3) is 0.583. The number of hydrogen-bond donors (Lipinski definition) is 2. The smallest absolute Gasteiger partial charge is 0.133 e. The molecule has 3 nitrogen and oxygen atoms in total. The highest BCUT2D eigenvalue weighted by Crippen LogP contribution is 2.35. The lowest BCUT2D eigenvalue weighted by Gasteiger charge is -2.42. The lowest BCUT2D eigenvalue weighted by Crippen LogP contribution is -2.51. The average Bonchev–Trinajstić information content (AvgIpc) is 2.24. The normalized spacial score (nSPS) is 18.1. The Kier molecular flexibility index (Phi) is 3.79. The summed E-state index contributed by atoms with van der Waals surface area (Å²) in [6, 6.07) is 3.87. The molecule has 0 atom stereocenters. The molecule has 1 aromatic rings. The molecule has 1 aliphatic rings. The van der Waals surface area contributed by atoms with E-state index in [1.165, 1.54) is 6.42 Å². The molecule has 0 aliphatic heterocycles. The Morgan fingerprint density at radius 3 is 2.88 bits per heavy atom. The van der Waals surface area contributed by atoms with Crippen molar-refractivity contribution in [3.63, 3.8) is 0 Å². The standard InChI is InChI=1S/C12H17ClN2O/c13-11-10(3-1-7-14-11)9-15-12(6-8-16)4-2-5-12/h1,3,7,15-16H,2,4-6,8-9H2. The summed E-state index contributed by atoms with van der Waals surface area (Å²) in [4.78, 5) is 4.05. The van der Waals surface area contributed by atoms with Crippen molar-refractivity contribution in [3.8, 4) is 0 Å². The van der Waals surface area contributed by atoms with Gasteiger partial charge in [0.15, 0.2) is 0 Å². The molecule has 1 heterocycles. The largest absolute Gasteiger partial charge is 0.396 e. The van der Waals surface area contributed by atoms with Gasteiger partial charge >= 0.3 is 0 Å². The number of hydrogen-bond acceptors (Lipinski definition) is 3. The van der Waals surface area contributed by atoms with Crippen LogP contribution in [0.15, 0.2) is 18.3 Å². The molecule has 0 spiro atoms. The molecule has 1 aliphatic carbocycles. The molecule has 2 rings (SSSR count). The minimum absolute atomic E-state index is 0.133. The van der Waals surface area contributed by atoms with Crippen molar-refractivity contribution in [1.82, 2.24) is 10.3 Å². The zero-order chi connectivity index (χ0) is 11.4. The molecule has 88 valence electrons. The van der Waals surface area contributed by atoms with Crippen molar-refractivity contribution in [3.05, 3.63) is 29.0 Å². The third-order valence-corrected chi connectivity index (χ3v) is 3.73. The van der Waals surface area contributed by atoms with Crippen molar-refractivity contribution in [2.45, 2.75) is 37.8 Å². The van der Waals surface area contributed by atoms with Crippen LogP contribution in [-0.2, 0) is 6.54 Å². The maximum atomic E-state index is 9.04. The van der Waals surface area contributed by atoms with E-state index < -0.39 is 0 Å². The third kappa shape index (κ3) is 2.54. The number of aliphatic hydroxyl groups is 1. The van der Waals surface area contributed by atoms with Crippen LogP contribution < -0.4 is 5.32 Å². The van der Waals surface area contributed by atoms with Gasteiger partial charge in [-0.25, -0.2) is 4.98 Å². The van der Waals surface area contributed by atoms with Crippen LogP contribution >= 0.6 is 11.6 Å². The van der Waals surface area contributed by atoms with Crippen LogP contribution in [0.1, 0.15) is 31.2 Å². The number of aromatic nitrogens is 1. The van der Waals surface area contributed by atoms with Gasteiger partial charge in [-0.15, -0.1) is 0 Å². The van der Waals surface area contributed by atoms with Gasteiger partial charge in [0.2, 0.25) is 0 Å². The summed E-state index contributed by atoms with van der Waals surface area (Å²) >= 11 is 5.99. The van der Waals surface area contributed by atoms with Crippen LogP contribution in [-0.4, -0.2) is 22.2 Å². The molecule has 0 aromatic carbocycles. The lowest BCUT2D eigenvalue weighted by molar-refractivity contribution is 0.130. The second-order valence-corrected chi connectivity index (χ2v) is 4.77. The van der Waals surface area contributed by atoms with Crippen molar-refractivity contribution in [1.29, 1.82) is 0 Å². The number of nitrogens with one attached hydrogen (secondary N) is 1. The molecule has 0 bridgehead atoms. The Labute approximate surface area is 101 Å². The first-order valence-corrected chi connectivity index (χ1v) is 6.09. The molecule has 1 aromatic heterocycles. The summed E-state index contributed by atoms with van der Waals surface area (Å²) in [6.45, 7) is 0.973. The maximum absolute atomic E-state index is 9.04. The van der Waals surface area contributed by atoms with E-state index in [9.17, 15) is 0 Å². The predicted octanol–water partition coefficient (Wildman–Crippen LogP) is 2.13. The van der Waals surface area contributed by atoms with Gasteiger partial charge in [0, 0.05) is 30.5 Å². The second kappa shape index (κ2) is 5.13. The van der Waals surface area contributed by atoms with E-state index in [2.05, 4.69) is 10.3 Å². The molecule has 0 unspecified atom stereocenters. The van der Waals surface area contributed by atoms with E-state index in [-0.39, 0.29) is 12.1 Å². The van der Waals surface area contributed by atoms with Gasteiger partial charge in [-0.1, -0.05) is 17.7 Å². The molecule has 1 fully saturated rings. The van der Waals surface area contributed by atoms with Gasteiger partial charge < -0.3 is 10.4 Å². The van der Waals surface area contributed by atoms with Crippen molar-refractivity contribution in [2.24, 2.45) is 0 Å². The molecule has 0 saturated heterocycles. The molecule has 0 amide bonds. The Balaban J connectivity index is 1.93. The Morgan fingerprint density at radius 1 is 1.50 bits per heavy atom. The molecule has 1 saturated carbocycles. The average molecular weight is 241 g/mol. The highest BCUT2D eigenvalue weighted by Gasteiger charge is 2.35. The quantitative estimate of drug-likeness (QED) is 0.775. The molecule has 0 radical (unpaired) electrons. The van der Waals surface area contributed by atoms with Crippen LogP contribution in [0.4, 0.5) is 0 Å². The topological polar surface area (TPSA) is 45.1 Å². The fourth-order valence-electron chi connectivity index (χ4n) is 2.17. The van der Waals surface area contributed by atoms with Crippen LogP contribution in [0.2, 0.25) is 5.15 Å². The second-order valence-electron chi connectivity index (χ2n) is 4.41. The third-order valence-electron chi connectivity index (χ3n) is 3.39. The summed E-state index contributed by atoms with van der Waals surface area (Å²) in [5, 5.41) is 13.1. The summed E-state index contributed by atoms with van der Waals surface area (Å²) in [5.41, 5.74) is 1.15. The molecule has 4 heteroatoms. The van der Waals surface area contributed by atoms with Crippen LogP contribution in [0, 0.1) is 0 Å². The fourth-order valence-corrected chi connectivity index (χ4v) is 2.35. The number of pyridine rings is 1. The van der Waals surface area contributed by atoms with E-state index >= 15 is 0 Å². The van der Waals surface area contributed by atoms with Crippen molar-refractivity contribution < 1.29 is 5.11 Å². The summed E-state index contributed by atoms with van der Waals surface area (Å²) in [7, 11) is 0. The minimum Gasteiger partial charge on any atom is -0.396 e. The Morgan fingerprint density at radius 2 is 2.31 bits per heavy atom. The van der Waals surface area contributed by atoms with E-state index in [4.69, 9.17) is 16.7 Å². The highest BCUT2D eigenvalue weighted by molar-refractivity contribution is 6.30. The summed E-state index contributed by atoms with van der Waals surface area (Å²) < 4.78 is 0. The van der Waals surface area contributed by atoms with Gasteiger partial charge in [0.05, 0.1) is 0 Å². The maximum Gasteiger partial charge on any atom is 0.133 e. The number of aliphatic hydroxyl groups excluding tert-OH is 1. The molecular weight excluding hydrogens is 224 g/mol. The SMILES string of the molecule is OCCC1(NCc2cccnc2Cl)CCC1. The van der Waals surface area contributed by atoms with Crippen LogP contribution in [0.5, 0.6) is 0 Å². The van der Waals surface area contributed by atoms with Crippen LogP contribution in [0.3, 0.4) is 0 Å². The van der Waals surface area contributed by atoms with Gasteiger partial charge in [-0.2, -0.15) is 0 Å². The number of rotatable bonds is 5. The lowest BCUT2D eigenvalue weighted by atomic mass is 9.74.